The first-order chi connectivity index (χ1) is 8.29. The Hall–Kier alpha value is -0.620. The van der Waals surface area contributed by atoms with Gasteiger partial charge in [-0.3, -0.25) is 4.79 Å². The minimum atomic E-state index is -2.93. The van der Waals surface area contributed by atoms with Crippen LogP contribution in [0.1, 0.15) is 33.1 Å². The molecule has 1 fully saturated rings. The van der Waals surface area contributed by atoms with Crippen LogP contribution in [0.15, 0.2) is 0 Å². The summed E-state index contributed by atoms with van der Waals surface area (Å²) in [5, 5.41) is 3.26. The van der Waals surface area contributed by atoms with E-state index in [-0.39, 0.29) is 23.7 Å². The van der Waals surface area contributed by atoms with E-state index in [0.29, 0.717) is 13.0 Å². The number of nitrogens with zero attached hydrogens (tertiary/aromatic N) is 1. The second kappa shape index (κ2) is 6.52. The largest absolute Gasteiger partial charge is 0.341 e. The van der Waals surface area contributed by atoms with E-state index in [1.165, 1.54) is 6.26 Å². The molecule has 0 bridgehead atoms. The van der Waals surface area contributed by atoms with Crippen molar-refractivity contribution in [3.05, 3.63) is 0 Å². The lowest BCUT2D eigenvalue weighted by molar-refractivity contribution is -0.136. The highest BCUT2D eigenvalue weighted by Gasteiger charge is 2.28. The van der Waals surface area contributed by atoms with Crippen LogP contribution in [0.25, 0.3) is 0 Å². The molecule has 1 atom stereocenters. The van der Waals surface area contributed by atoms with Crippen molar-refractivity contribution in [1.82, 2.24) is 10.2 Å². The number of likely N-dealkylation sites (tertiary alicyclic amines) is 1. The molecule has 0 aliphatic carbocycles. The van der Waals surface area contributed by atoms with Gasteiger partial charge in [-0.25, -0.2) is 8.42 Å². The van der Waals surface area contributed by atoms with Gasteiger partial charge in [0.1, 0.15) is 9.84 Å². The number of piperidine rings is 1. The molecule has 1 saturated heterocycles. The molecule has 0 spiro atoms. The van der Waals surface area contributed by atoms with Crippen molar-refractivity contribution in [3.8, 4) is 0 Å². The van der Waals surface area contributed by atoms with Crippen LogP contribution >= 0.6 is 0 Å². The maximum absolute atomic E-state index is 12.1. The first kappa shape index (κ1) is 15.4. The van der Waals surface area contributed by atoms with Crippen LogP contribution < -0.4 is 5.32 Å². The van der Waals surface area contributed by atoms with E-state index in [2.05, 4.69) is 5.32 Å². The third-order valence-corrected chi connectivity index (χ3v) is 4.04. The Morgan fingerprint density at radius 1 is 1.44 bits per heavy atom. The van der Waals surface area contributed by atoms with Crippen molar-refractivity contribution >= 4 is 15.7 Å². The monoisotopic (exact) mass is 276 g/mol. The molecule has 106 valence electrons. The van der Waals surface area contributed by atoms with Gasteiger partial charge in [0, 0.05) is 25.4 Å². The van der Waals surface area contributed by atoms with Gasteiger partial charge in [0.2, 0.25) is 5.91 Å². The quantitative estimate of drug-likeness (QED) is 0.763. The summed E-state index contributed by atoms with van der Waals surface area (Å²) in [6, 6.07) is 0.187. The lowest BCUT2D eigenvalue weighted by Gasteiger charge is -2.33. The molecule has 0 aromatic rings. The van der Waals surface area contributed by atoms with Crippen molar-refractivity contribution in [3.63, 3.8) is 0 Å². The summed E-state index contributed by atoms with van der Waals surface area (Å²) in [6.45, 7) is 5.34. The Morgan fingerprint density at radius 2 is 2.11 bits per heavy atom. The summed E-state index contributed by atoms with van der Waals surface area (Å²) < 4.78 is 22.1. The molecule has 1 rings (SSSR count). The fourth-order valence-electron chi connectivity index (χ4n) is 2.24. The highest BCUT2D eigenvalue weighted by molar-refractivity contribution is 7.90. The number of hydrogen-bond acceptors (Lipinski definition) is 4. The van der Waals surface area contributed by atoms with Crippen LogP contribution in [0.2, 0.25) is 0 Å². The molecular weight excluding hydrogens is 252 g/mol. The molecule has 1 aliphatic rings. The maximum atomic E-state index is 12.1. The first-order valence-corrected chi connectivity index (χ1v) is 8.58. The number of carbonyl (C=O) groups excluding carboxylic acids is 1. The van der Waals surface area contributed by atoms with Crippen LogP contribution in [0.4, 0.5) is 0 Å². The van der Waals surface area contributed by atoms with E-state index >= 15 is 0 Å². The zero-order chi connectivity index (χ0) is 13.8. The average molecular weight is 276 g/mol. The summed E-state index contributed by atoms with van der Waals surface area (Å²) in [4.78, 5) is 13.9. The number of rotatable bonds is 6. The normalized spacial score (nSPS) is 21.7. The van der Waals surface area contributed by atoms with Gasteiger partial charge in [-0.2, -0.15) is 0 Å². The van der Waals surface area contributed by atoms with E-state index in [4.69, 9.17) is 0 Å². The third kappa shape index (κ3) is 5.35. The molecule has 1 heterocycles. The zero-order valence-electron chi connectivity index (χ0n) is 11.5. The number of sulfone groups is 1. The molecule has 1 unspecified atom stereocenters. The Labute approximate surface area is 110 Å². The second-order valence-corrected chi connectivity index (χ2v) is 7.58. The predicted molar refractivity (Wildman–Crippen MR) is 72.2 cm³/mol. The minimum Gasteiger partial charge on any atom is -0.341 e. The predicted octanol–water partition coefficient (Wildman–Crippen LogP) is 0.410. The molecule has 6 heteroatoms. The molecule has 5 nitrogen and oxygen atoms in total. The van der Waals surface area contributed by atoms with Crippen molar-refractivity contribution in [2.24, 2.45) is 0 Å². The van der Waals surface area contributed by atoms with Crippen LogP contribution in [0.3, 0.4) is 0 Å². The molecule has 1 N–H and O–H groups in total. The first-order valence-electron chi connectivity index (χ1n) is 6.52. The second-order valence-electron chi connectivity index (χ2n) is 5.32. The van der Waals surface area contributed by atoms with Gasteiger partial charge in [0.05, 0.1) is 11.8 Å². The summed E-state index contributed by atoms with van der Waals surface area (Å²) in [7, 11) is -2.93. The Morgan fingerprint density at radius 3 is 2.67 bits per heavy atom. The molecule has 0 aromatic heterocycles. The molecule has 0 aromatic carbocycles. The van der Waals surface area contributed by atoms with E-state index in [1.807, 2.05) is 13.8 Å². The molecule has 18 heavy (non-hydrogen) atoms. The summed E-state index contributed by atoms with van der Waals surface area (Å²) >= 11 is 0. The third-order valence-electron chi connectivity index (χ3n) is 3.01. The van der Waals surface area contributed by atoms with E-state index < -0.39 is 9.84 Å². The summed E-state index contributed by atoms with van der Waals surface area (Å²) in [5.74, 6) is 0.266. The molecule has 1 aliphatic heterocycles. The SMILES string of the molecule is CC(C)NC1CCCN(CCCS(C)(=O)=O)C1=O. The van der Waals surface area contributed by atoms with E-state index in [9.17, 15) is 13.2 Å². The summed E-state index contributed by atoms with van der Waals surface area (Å²) in [6.07, 6.45) is 3.61. The van der Waals surface area contributed by atoms with Crippen molar-refractivity contribution < 1.29 is 13.2 Å². The minimum absolute atomic E-state index is 0.100. The average Bonchev–Trinajstić information content (AvgIpc) is 2.21. The molecule has 0 saturated carbocycles. The smallest absolute Gasteiger partial charge is 0.239 e. The van der Waals surface area contributed by atoms with Crippen LogP contribution in [0.5, 0.6) is 0 Å². The number of amides is 1. The van der Waals surface area contributed by atoms with Gasteiger partial charge in [-0.1, -0.05) is 13.8 Å². The van der Waals surface area contributed by atoms with Crippen molar-refractivity contribution in [1.29, 1.82) is 0 Å². The Bertz CT molecular complexity index is 379. The van der Waals surface area contributed by atoms with Gasteiger partial charge >= 0.3 is 0 Å². The highest BCUT2D eigenvalue weighted by Crippen LogP contribution is 2.13. The number of carbonyl (C=O) groups is 1. The maximum Gasteiger partial charge on any atom is 0.239 e. The van der Waals surface area contributed by atoms with E-state index in [0.717, 1.165) is 19.4 Å². The summed E-state index contributed by atoms with van der Waals surface area (Å²) in [5.41, 5.74) is 0. The molecule has 0 radical (unpaired) electrons. The van der Waals surface area contributed by atoms with Gasteiger partial charge in [-0.05, 0) is 19.3 Å². The van der Waals surface area contributed by atoms with Crippen molar-refractivity contribution in [2.45, 2.75) is 45.2 Å². The number of hydrogen-bond donors (Lipinski definition) is 1. The van der Waals surface area contributed by atoms with Gasteiger partial charge in [-0.15, -0.1) is 0 Å². The topological polar surface area (TPSA) is 66.5 Å². The highest BCUT2D eigenvalue weighted by atomic mass is 32.2. The van der Waals surface area contributed by atoms with Gasteiger partial charge < -0.3 is 10.2 Å². The van der Waals surface area contributed by atoms with Gasteiger partial charge in [0.25, 0.3) is 0 Å². The van der Waals surface area contributed by atoms with Crippen LogP contribution in [0, 0.1) is 0 Å². The van der Waals surface area contributed by atoms with Crippen LogP contribution in [-0.2, 0) is 14.6 Å². The standard InChI is InChI=1S/C12H24N2O3S/c1-10(2)13-11-6-4-7-14(12(11)15)8-5-9-18(3,16)17/h10-11,13H,4-9H2,1-3H3. The Balaban J connectivity index is 2.43. The number of nitrogens with one attached hydrogen (secondary N) is 1. The van der Waals surface area contributed by atoms with Crippen molar-refractivity contribution in [2.75, 3.05) is 25.1 Å². The lowest BCUT2D eigenvalue weighted by Crippen LogP contribution is -2.52. The Kier molecular flexibility index (Phi) is 5.59. The van der Waals surface area contributed by atoms with E-state index in [1.54, 1.807) is 4.90 Å². The molecular formula is C12H24N2O3S. The fourth-order valence-corrected chi connectivity index (χ4v) is 2.89. The van der Waals surface area contributed by atoms with Gasteiger partial charge in [0.15, 0.2) is 0 Å². The van der Waals surface area contributed by atoms with Crippen LogP contribution in [-0.4, -0.2) is 56.4 Å². The molecule has 1 amide bonds. The lowest BCUT2D eigenvalue weighted by atomic mass is 10.0. The fraction of sp³-hybridized carbons (Fsp3) is 0.917. The zero-order valence-corrected chi connectivity index (χ0v) is 12.3.